The lowest BCUT2D eigenvalue weighted by atomic mass is 10.3. The number of hydrogen-bond donors (Lipinski definition) is 1. The van der Waals surface area contributed by atoms with Crippen molar-refractivity contribution < 1.29 is 4.39 Å². The maximum atomic E-state index is 13.3. The molecule has 0 aliphatic carbocycles. The number of thioether (sulfide) groups is 1. The first-order valence-corrected chi connectivity index (χ1v) is 7.27. The monoisotopic (exact) mass is 299 g/mol. The molecule has 0 saturated heterocycles. The minimum absolute atomic E-state index is 0.163. The summed E-state index contributed by atoms with van der Waals surface area (Å²) in [5.41, 5.74) is 7.45. The van der Waals surface area contributed by atoms with E-state index in [2.05, 4.69) is 5.10 Å². The van der Waals surface area contributed by atoms with Crippen LogP contribution in [0.4, 0.5) is 10.1 Å². The maximum absolute atomic E-state index is 13.3. The van der Waals surface area contributed by atoms with Gasteiger partial charge in [0.1, 0.15) is 5.82 Å². The van der Waals surface area contributed by atoms with Gasteiger partial charge in [-0.3, -0.25) is 4.68 Å². The van der Waals surface area contributed by atoms with Crippen LogP contribution in [0.25, 0.3) is 0 Å². The molecule has 2 aromatic rings. The number of nitrogens with zero attached hydrogens (tertiary/aromatic N) is 2. The molecule has 0 amide bonds. The second kappa shape index (κ2) is 5.84. The van der Waals surface area contributed by atoms with Gasteiger partial charge in [0.15, 0.2) is 0 Å². The molecule has 0 saturated carbocycles. The van der Waals surface area contributed by atoms with Gasteiger partial charge in [0.2, 0.25) is 0 Å². The Morgan fingerprint density at radius 3 is 2.79 bits per heavy atom. The summed E-state index contributed by atoms with van der Waals surface area (Å²) in [6.07, 6.45) is 0.799. The average Bonchev–Trinajstić information content (AvgIpc) is 2.66. The summed E-state index contributed by atoms with van der Waals surface area (Å²) < 4.78 is 15.1. The molecule has 3 nitrogen and oxygen atoms in total. The number of nitrogens with two attached hydrogens (primary N) is 1. The second-order valence-electron chi connectivity index (χ2n) is 4.16. The lowest BCUT2D eigenvalue weighted by molar-refractivity contribution is 0.629. The van der Waals surface area contributed by atoms with Crippen molar-refractivity contribution in [2.45, 2.75) is 24.0 Å². The fourth-order valence-electron chi connectivity index (χ4n) is 1.73. The van der Waals surface area contributed by atoms with E-state index in [1.54, 1.807) is 16.8 Å². The van der Waals surface area contributed by atoms with Gasteiger partial charge in [-0.05, 0) is 24.6 Å². The minimum Gasteiger partial charge on any atom is -0.396 e. The molecule has 102 valence electrons. The van der Waals surface area contributed by atoms with E-state index in [0.717, 1.165) is 22.7 Å². The van der Waals surface area contributed by atoms with Gasteiger partial charge in [-0.25, -0.2) is 4.39 Å². The van der Waals surface area contributed by atoms with Gasteiger partial charge < -0.3 is 5.73 Å². The summed E-state index contributed by atoms with van der Waals surface area (Å²) in [5.74, 6) is 0.251. The van der Waals surface area contributed by atoms with E-state index in [-0.39, 0.29) is 5.69 Å². The fourth-order valence-corrected chi connectivity index (χ4v) is 3.15. The number of rotatable bonds is 4. The number of aromatic nitrogens is 2. The smallest absolute Gasteiger partial charge is 0.147 e. The number of benzene rings is 1. The van der Waals surface area contributed by atoms with Crippen molar-refractivity contribution in [2.24, 2.45) is 7.05 Å². The Morgan fingerprint density at radius 1 is 1.47 bits per heavy atom. The molecule has 1 heterocycles. The number of halogens is 2. The quantitative estimate of drug-likeness (QED) is 0.692. The van der Waals surface area contributed by atoms with E-state index in [1.165, 1.54) is 17.8 Å². The Kier molecular flexibility index (Phi) is 4.37. The zero-order valence-corrected chi connectivity index (χ0v) is 12.4. The van der Waals surface area contributed by atoms with Crippen LogP contribution < -0.4 is 5.73 Å². The van der Waals surface area contributed by atoms with Crippen LogP contribution >= 0.6 is 23.4 Å². The van der Waals surface area contributed by atoms with Crippen molar-refractivity contribution in [3.05, 3.63) is 40.4 Å². The molecule has 0 bridgehead atoms. The maximum Gasteiger partial charge on any atom is 0.147 e. The van der Waals surface area contributed by atoms with Gasteiger partial charge in [0, 0.05) is 17.7 Å². The first-order chi connectivity index (χ1) is 9.02. The molecule has 2 rings (SSSR count). The van der Waals surface area contributed by atoms with Gasteiger partial charge in [-0.1, -0.05) is 18.5 Å². The largest absolute Gasteiger partial charge is 0.396 e. The Balaban J connectivity index is 2.14. The molecule has 0 unspecified atom stereocenters. The second-order valence-corrected chi connectivity index (χ2v) is 5.58. The third kappa shape index (κ3) is 3.04. The topological polar surface area (TPSA) is 43.8 Å². The Hall–Kier alpha value is -1.20. The van der Waals surface area contributed by atoms with Crippen molar-refractivity contribution in [3.63, 3.8) is 0 Å². The summed E-state index contributed by atoms with van der Waals surface area (Å²) in [7, 11) is 1.87. The SMILES string of the molecule is CCc1nn(C)c(CSc2ccc(N)c(F)c2)c1Cl. The Bertz CT molecular complexity index is 598. The molecule has 6 heteroatoms. The summed E-state index contributed by atoms with van der Waals surface area (Å²) in [4.78, 5) is 0.821. The number of aryl methyl sites for hydroxylation is 2. The molecule has 0 aliphatic rings. The van der Waals surface area contributed by atoms with E-state index >= 15 is 0 Å². The van der Waals surface area contributed by atoms with E-state index in [9.17, 15) is 4.39 Å². The van der Waals surface area contributed by atoms with Crippen LogP contribution in [-0.2, 0) is 19.2 Å². The molecule has 0 spiro atoms. The average molecular weight is 300 g/mol. The first kappa shape index (κ1) is 14.2. The van der Waals surface area contributed by atoms with E-state index in [1.807, 2.05) is 14.0 Å². The highest BCUT2D eigenvalue weighted by Crippen LogP contribution is 2.29. The van der Waals surface area contributed by atoms with E-state index in [4.69, 9.17) is 17.3 Å². The van der Waals surface area contributed by atoms with Gasteiger partial charge in [-0.15, -0.1) is 11.8 Å². The van der Waals surface area contributed by atoms with Crippen LogP contribution in [0.5, 0.6) is 0 Å². The van der Waals surface area contributed by atoms with Crippen molar-refractivity contribution in [3.8, 4) is 0 Å². The van der Waals surface area contributed by atoms with Crippen LogP contribution in [-0.4, -0.2) is 9.78 Å². The van der Waals surface area contributed by atoms with Crippen LogP contribution in [0, 0.1) is 5.82 Å². The highest BCUT2D eigenvalue weighted by atomic mass is 35.5. The van der Waals surface area contributed by atoms with E-state index < -0.39 is 5.82 Å². The highest BCUT2D eigenvalue weighted by Gasteiger charge is 2.13. The van der Waals surface area contributed by atoms with Crippen molar-refractivity contribution in [2.75, 3.05) is 5.73 Å². The minimum atomic E-state index is -0.393. The van der Waals surface area contributed by atoms with Crippen molar-refractivity contribution in [1.29, 1.82) is 0 Å². The summed E-state index contributed by atoms with van der Waals surface area (Å²) in [6.45, 7) is 2.01. The molecular formula is C13H15ClFN3S. The molecule has 0 radical (unpaired) electrons. The molecule has 2 N–H and O–H groups in total. The van der Waals surface area contributed by atoms with Crippen LogP contribution in [0.15, 0.2) is 23.1 Å². The Labute approximate surface area is 120 Å². The van der Waals surface area contributed by atoms with Gasteiger partial charge in [0.05, 0.1) is 22.1 Å². The molecule has 19 heavy (non-hydrogen) atoms. The lowest BCUT2D eigenvalue weighted by Gasteiger charge is -2.04. The van der Waals surface area contributed by atoms with Gasteiger partial charge in [0.25, 0.3) is 0 Å². The summed E-state index contributed by atoms with van der Waals surface area (Å²) in [5, 5.41) is 5.05. The summed E-state index contributed by atoms with van der Waals surface area (Å²) in [6, 6.07) is 4.80. The van der Waals surface area contributed by atoms with Crippen molar-refractivity contribution in [1.82, 2.24) is 9.78 Å². The first-order valence-electron chi connectivity index (χ1n) is 5.91. The molecule has 1 aromatic carbocycles. The summed E-state index contributed by atoms with van der Waals surface area (Å²) >= 11 is 7.77. The fraction of sp³-hybridized carbons (Fsp3) is 0.308. The highest BCUT2D eigenvalue weighted by molar-refractivity contribution is 7.98. The molecule has 1 aromatic heterocycles. The third-order valence-electron chi connectivity index (χ3n) is 2.85. The number of anilines is 1. The third-order valence-corrected chi connectivity index (χ3v) is 4.29. The predicted molar refractivity (Wildman–Crippen MR) is 78.0 cm³/mol. The van der Waals surface area contributed by atoms with Gasteiger partial charge in [-0.2, -0.15) is 5.10 Å². The molecule has 0 aliphatic heterocycles. The van der Waals surface area contributed by atoms with Crippen LogP contribution in [0.3, 0.4) is 0 Å². The van der Waals surface area contributed by atoms with Crippen LogP contribution in [0.1, 0.15) is 18.3 Å². The van der Waals surface area contributed by atoms with Gasteiger partial charge >= 0.3 is 0 Å². The zero-order valence-electron chi connectivity index (χ0n) is 10.8. The predicted octanol–water partition coefficient (Wildman–Crippen LogP) is 3.65. The standard InChI is InChI=1S/C13H15ClFN3S/c1-3-11-13(14)12(18(2)17-11)7-19-8-4-5-10(16)9(15)6-8/h4-6H,3,7,16H2,1-2H3. The zero-order chi connectivity index (χ0) is 14.0. The van der Waals surface area contributed by atoms with Crippen molar-refractivity contribution >= 4 is 29.1 Å². The number of nitrogen functional groups attached to an aromatic ring is 1. The van der Waals surface area contributed by atoms with E-state index in [0.29, 0.717) is 10.8 Å². The van der Waals surface area contributed by atoms with Crippen LogP contribution in [0.2, 0.25) is 5.02 Å². The Morgan fingerprint density at radius 2 is 2.21 bits per heavy atom. The normalized spacial score (nSPS) is 10.9. The molecule has 0 fully saturated rings. The molecular weight excluding hydrogens is 285 g/mol. The lowest BCUT2D eigenvalue weighted by Crippen LogP contribution is -1.97. The molecule has 0 atom stereocenters. The number of hydrogen-bond acceptors (Lipinski definition) is 3.